The molecule has 2 aromatic carbocycles. The van der Waals surface area contributed by atoms with Gasteiger partial charge in [0, 0.05) is 47.2 Å². The van der Waals surface area contributed by atoms with Crippen LogP contribution in [0.5, 0.6) is 0 Å². The minimum atomic E-state index is -0.463. The van der Waals surface area contributed by atoms with Crippen molar-refractivity contribution in [2.75, 3.05) is 10.6 Å². The molecule has 2 rings (SSSR count). The number of carbonyl (C=O) groups is 6. The van der Waals surface area contributed by atoms with Crippen LogP contribution in [0.2, 0.25) is 0 Å². The van der Waals surface area contributed by atoms with Crippen LogP contribution in [0, 0.1) is 11.8 Å². The number of nitrogens with one attached hydrogen (secondary N) is 6. The topological polar surface area (TPSA) is 175 Å². The summed E-state index contributed by atoms with van der Waals surface area (Å²) in [5.74, 6) is -2.09. The maximum atomic E-state index is 12.2. The summed E-state index contributed by atoms with van der Waals surface area (Å²) in [4.78, 5) is 72.0. The van der Waals surface area contributed by atoms with Crippen LogP contribution in [0.1, 0.15) is 93.4 Å². The first-order chi connectivity index (χ1) is 20.5. The Kier molecular flexibility index (Phi) is 14.4. The normalized spacial score (nSPS) is 10.6. The predicted molar refractivity (Wildman–Crippen MR) is 163 cm³/mol. The SMILES string of the molecule is CC(C)C(=O)Nc1ccc(C(=O)NNC(=O)CCCCCCCC(=O)NNC(=O)c2ccc(NC(=O)C(C)C)cc2)cc1. The minimum Gasteiger partial charge on any atom is -0.326 e. The van der Waals surface area contributed by atoms with Crippen molar-refractivity contribution in [1.29, 1.82) is 0 Å². The van der Waals surface area contributed by atoms with E-state index in [9.17, 15) is 28.8 Å². The lowest BCUT2D eigenvalue weighted by Gasteiger charge is -2.10. The van der Waals surface area contributed by atoms with Gasteiger partial charge >= 0.3 is 0 Å². The van der Waals surface area contributed by atoms with Crippen molar-refractivity contribution < 1.29 is 28.8 Å². The van der Waals surface area contributed by atoms with Crippen LogP contribution in [0.3, 0.4) is 0 Å². The first-order valence-electron chi connectivity index (χ1n) is 14.5. The highest BCUT2D eigenvalue weighted by Crippen LogP contribution is 2.12. The molecule has 0 aromatic heterocycles. The van der Waals surface area contributed by atoms with Gasteiger partial charge in [-0.15, -0.1) is 0 Å². The molecule has 0 fully saturated rings. The van der Waals surface area contributed by atoms with E-state index in [0.717, 1.165) is 19.3 Å². The summed E-state index contributed by atoms with van der Waals surface area (Å²) in [6.45, 7) is 7.14. The number of rotatable bonds is 14. The summed E-state index contributed by atoms with van der Waals surface area (Å²) in [6, 6.07) is 12.7. The lowest BCUT2D eigenvalue weighted by atomic mass is 10.1. The highest BCUT2D eigenvalue weighted by molar-refractivity contribution is 5.98. The molecule has 0 saturated carbocycles. The van der Waals surface area contributed by atoms with E-state index < -0.39 is 11.8 Å². The number of anilines is 2. The van der Waals surface area contributed by atoms with E-state index in [1.54, 1.807) is 76.2 Å². The number of amides is 6. The molecular weight excluding hydrogens is 552 g/mol. The zero-order valence-electron chi connectivity index (χ0n) is 25.2. The van der Waals surface area contributed by atoms with Gasteiger partial charge in [0.2, 0.25) is 23.6 Å². The Labute approximate surface area is 252 Å². The molecule has 12 heteroatoms. The third-order valence-electron chi connectivity index (χ3n) is 6.32. The Hall–Kier alpha value is -4.74. The van der Waals surface area contributed by atoms with E-state index in [4.69, 9.17) is 0 Å². The Morgan fingerprint density at radius 1 is 0.488 bits per heavy atom. The van der Waals surface area contributed by atoms with Crippen LogP contribution in [0.15, 0.2) is 48.5 Å². The van der Waals surface area contributed by atoms with Gasteiger partial charge in [0.15, 0.2) is 0 Å². The van der Waals surface area contributed by atoms with Crippen molar-refractivity contribution in [3.05, 3.63) is 59.7 Å². The zero-order valence-corrected chi connectivity index (χ0v) is 25.2. The van der Waals surface area contributed by atoms with Gasteiger partial charge in [0.25, 0.3) is 11.8 Å². The molecule has 6 N–H and O–H groups in total. The number of benzene rings is 2. The Balaban J connectivity index is 1.52. The average Bonchev–Trinajstić information content (AvgIpc) is 2.98. The van der Waals surface area contributed by atoms with Crippen LogP contribution >= 0.6 is 0 Å². The van der Waals surface area contributed by atoms with Crippen LogP contribution in [-0.4, -0.2) is 35.4 Å². The molecule has 2 aromatic rings. The molecule has 0 heterocycles. The highest BCUT2D eigenvalue weighted by Gasteiger charge is 2.12. The summed E-state index contributed by atoms with van der Waals surface area (Å²) in [5, 5.41) is 5.49. The van der Waals surface area contributed by atoms with E-state index in [1.165, 1.54) is 0 Å². The van der Waals surface area contributed by atoms with Gasteiger partial charge in [-0.25, -0.2) is 0 Å². The summed E-state index contributed by atoms with van der Waals surface area (Å²) in [6.07, 6.45) is 4.17. The predicted octanol–water partition coefficient (Wildman–Crippen LogP) is 3.83. The second-order valence-corrected chi connectivity index (χ2v) is 10.7. The quantitative estimate of drug-likeness (QED) is 0.143. The fraction of sp³-hybridized carbons (Fsp3) is 0.419. The van der Waals surface area contributed by atoms with Crippen molar-refractivity contribution in [1.82, 2.24) is 21.7 Å². The van der Waals surface area contributed by atoms with Crippen LogP contribution in [0.4, 0.5) is 11.4 Å². The van der Waals surface area contributed by atoms with E-state index in [0.29, 0.717) is 35.3 Å². The first-order valence-corrected chi connectivity index (χ1v) is 14.5. The number of carbonyl (C=O) groups excluding carboxylic acids is 6. The molecule has 0 radical (unpaired) electrons. The summed E-state index contributed by atoms with van der Waals surface area (Å²) >= 11 is 0. The fourth-order valence-electron chi connectivity index (χ4n) is 3.61. The van der Waals surface area contributed by atoms with Gasteiger partial charge in [0.05, 0.1) is 0 Å². The van der Waals surface area contributed by atoms with Gasteiger partial charge < -0.3 is 10.6 Å². The summed E-state index contributed by atoms with van der Waals surface area (Å²) in [7, 11) is 0. The zero-order chi connectivity index (χ0) is 31.8. The molecule has 232 valence electrons. The summed E-state index contributed by atoms with van der Waals surface area (Å²) in [5.41, 5.74) is 11.4. The molecule has 43 heavy (non-hydrogen) atoms. The van der Waals surface area contributed by atoms with Crippen LogP contribution < -0.4 is 32.3 Å². The molecule has 0 aliphatic heterocycles. The van der Waals surface area contributed by atoms with Crippen molar-refractivity contribution in [3.8, 4) is 0 Å². The van der Waals surface area contributed by atoms with Gasteiger partial charge in [-0.2, -0.15) is 0 Å². The molecule has 6 amide bonds. The van der Waals surface area contributed by atoms with E-state index in [1.807, 2.05) is 0 Å². The van der Waals surface area contributed by atoms with Crippen molar-refractivity contribution >= 4 is 46.8 Å². The lowest BCUT2D eigenvalue weighted by Crippen LogP contribution is -2.41. The highest BCUT2D eigenvalue weighted by atomic mass is 16.2. The molecule has 0 atom stereocenters. The number of unbranched alkanes of at least 4 members (excludes halogenated alkanes) is 4. The third kappa shape index (κ3) is 13.2. The first kappa shape index (κ1) is 34.5. The molecule has 0 aliphatic rings. The van der Waals surface area contributed by atoms with Gasteiger partial charge in [-0.3, -0.25) is 50.5 Å². The van der Waals surface area contributed by atoms with Crippen LogP contribution in [-0.2, 0) is 19.2 Å². The largest absolute Gasteiger partial charge is 0.326 e. The molecular formula is C31H42N6O6. The van der Waals surface area contributed by atoms with E-state index in [-0.39, 0.29) is 48.3 Å². The van der Waals surface area contributed by atoms with Crippen molar-refractivity contribution in [2.45, 2.75) is 72.6 Å². The molecule has 0 unspecified atom stereocenters. The third-order valence-corrected chi connectivity index (χ3v) is 6.32. The Morgan fingerprint density at radius 2 is 0.814 bits per heavy atom. The lowest BCUT2D eigenvalue weighted by molar-refractivity contribution is -0.122. The van der Waals surface area contributed by atoms with Gasteiger partial charge in [0.1, 0.15) is 0 Å². The molecule has 0 aliphatic carbocycles. The monoisotopic (exact) mass is 594 g/mol. The molecule has 12 nitrogen and oxygen atoms in total. The van der Waals surface area contributed by atoms with Gasteiger partial charge in [-0.1, -0.05) is 47.0 Å². The molecule has 0 bridgehead atoms. The van der Waals surface area contributed by atoms with Crippen molar-refractivity contribution in [2.24, 2.45) is 11.8 Å². The maximum absolute atomic E-state index is 12.2. The summed E-state index contributed by atoms with van der Waals surface area (Å²) < 4.78 is 0. The van der Waals surface area contributed by atoms with Crippen LogP contribution in [0.25, 0.3) is 0 Å². The van der Waals surface area contributed by atoms with E-state index in [2.05, 4.69) is 32.3 Å². The minimum absolute atomic E-state index is 0.119. The average molecular weight is 595 g/mol. The molecule has 0 spiro atoms. The Morgan fingerprint density at radius 3 is 1.14 bits per heavy atom. The second-order valence-electron chi connectivity index (χ2n) is 10.7. The fourth-order valence-corrected chi connectivity index (χ4v) is 3.61. The van der Waals surface area contributed by atoms with Crippen molar-refractivity contribution in [3.63, 3.8) is 0 Å². The van der Waals surface area contributed by atoms with Gasteiger partial charge in [-0.05, 0) is 61.4 Å². The second kappa shape index (κ2) is 17.9. The standard InChI is InChI=1S/C31H42N6O6/c1-20(2)28(40)32-24-16-12-22(13-17-24)30(42)36-34-26(38)10-8-6-5-7-9-11-27(39)35-37-31(43)23-14-18-25(19-15-23)33-29(41)21(3)4/h12-21H,5-11H2,1-4H3,(H,32,40)(H,33,41)(H,34,38)(H,35,39)(H,36,42)(H,37,43). The van der Waals surface area contributed by atoms with E-state index >= 15 is 0 Å². The molecule has 0 saturated heterocycles. The number of hydrazine groups is 2. The smallest absolute Gasteiger partial charge is 0.269 e. The number of hydrogen-bond acceptors (Lipinski definition) is 6. The number of hydrogen-bond donors (Lipinski definition) is 6. The maximum Gasteiger partial charge on any atom is 0.269 e. The Bertz CT molecular complexity index is 1160.